The van der Waals surface area contributed by atoms with Crippen LogP contribution in [0.5, 0.6) is 0 Å². The smallest absolute Gasteiger partial charge is 0.433 e. The first-order chi connectivity index (χ1) is 9.93. The minimum atomic E-state index is -0.833. The fourth-order valence-electron chi connectivity index (χ4n) is 1.90. The molecule has 1 amide bonds. The summed E-state index contributed by atoms with van der Waals surface area (Å²) in [6, 6.07) is 2.37. The zero-order valence-corrected chi connectivity index (χ0v) is 11.7. The Morgan fingerprint density at radius 1 is 1.43 bits per heavy atom. The highest BCUT2D eigenvalue weighted by atomic mass is 16.6. The molecule has 8 heteroatoms. The summed E-state index contributed by atoms with van der Waals surface area (Å²) in [4.78, 5) is 31.9. The number of rotatable bonds is 9. The monoisotopic (exact) mass is 298 g/mol. The molecule has 1 heterocycles. The van der Waals surface area contributed by atoms with E-state index in [1.54, 1.807) is 0 Å². The molecule has 0 aliphatic rings. The van der Waals surface area contributed by atoms with Crippen molar-refractivity contribution in [2.75, 3.05) is 6.54 Å². The van der Waals surface area contributed by atoms with Gasteiger partial charge in [-0.25, -0.2) is 0 Å². The predicted molar refractivity (Wildman–Crippen MR) is 73.0 cm³/mol. The number of carbonyl (C=O) groups excluding carboxylic acids is 1. The number of aliphatic carboxylic acids is 1. The van der Waals surface area contributed by atoms with Gasteiger partial charge in [-0.15, -0.1) is 0 Å². The molecule has 0 bridgehead atoms. The predicted octanol–water partition coefficient (Wildman–Crippen LogP) is 2.20. The Kier molecular flexibility index (Phi) is 6.38. The molecular weight excluding hydrogens is 280 g/mol. The van der Waals surface area contributed by atoms with Crippen LogP contribution in [0.1, 0.15) is 43.2 Å². The molecule has 1 atom stereocenters. The summed E-state index contributed by atoms with van der Waals surface area (Å²) in [6.07, 6.45) is 2.15. The highest BCUT2D eigenvalue weighted by molar-refractivity contribution is 5.91. The number of hydrogen-bond acceptors (Lipinski definition) is 5. The molecule has 1 rings (SSSR count). The third-order valence-corrected chi connectivity index (χ3v) is 3.18. The lowest BCUT2D eigenvalue weighted by molar-refractivity contribution is -0.402. The van der Waals surface area contributed by atoms with Gasteiger partial charge in [-0.1, -0.05) is 13.3 Å². The van der Waals surface area contributed by atoms with Gasteiger partial charge < -0.3 is 14.8 Å². The van der Waals surface area contributed by atoms with Crippen LogP contribution in [0.3, 0.4) is 0 Å². The third-order valence-electron chi connectivity index (χ3n) is 3.18. The average Bonchev–Trinajstić information content (AvgIpc) is 2.92. The number of amides is 1. The van der Waals surface area contributed by atoms with Crippen molar-refractivity contribution in [2.24, 2.45) is 5.92 Å². The Bertz CT molecular complexity index is 511. The molecule has 21 heavy (non-hydrogen) atoms. The van der Waals surface area contributed by atoms with E-state index in [2.05, 4.69) is 5.32 Å². The quantitative estimate of drug-likeness (QED) is 0.532. The van der Waals surface area contributed by atoms with E-state index in [0.717, 1.165) is 12.5 Å². The summed E-state index contributed by atoms with van der Waals surface area (Å²) in [5.41, 5.74) is 0. The van der Waals surface area contributed by atoms with Crippen molar-refractivity contribution in [2.45, 2.75) is 32.6 Å². The van der Waals surface area contributed by atoms with E-state index in [9.17, 15) is 19.7 Å². The molecule has 116 valence electrons. The fourth-order valence-corrected chi connectivity index (χ4v) is 1.90. The number of nitrogens with one attached hydrogen (secondary N) is 1. The lowest BCUT2D eigenvalue weighted by Crippen LogP contribution is -2.25. The molecule has 0 spiro atoms. The number of nitrogens with zero attached hydrogens (tertiary/aromatic N) is 1. The molecule has 0 aliphatic heterocycles. The molecule has 1 aromatic rings. The van der Waals surface area contributed by atoms with Crippen LogP contribution < -0.4 is 5.32 Å². The number of carbonyl (C=O) groups is 2. The van der Waals surface area contributed by atoms with Gasteiger partial charge in [0.1, 0.15) is 4.92 Å². The van der Waals surface area contributed by atoms with Crippen LogP contribution in [0.4, 0.5) is 5.88 Å². The van der Waals surface area contributed by atoms with Gasteiger partial charge in [0.2, 0.25) is 0 Å². The maximum atomic E-state index is 11.7. The van der Waals surface area contributed by atoms with Crippen LogP contribution in [0.15, 0.2) is 16.5 Å². The summed E-state index contributed by atoms with van der Waals surface area (Å²) in [7, 11) is 0. The van der Waals surface area contributed by atoms with E-state index < -0.39 is 22.7 Å². The Morgan fingerprint density at radius 2 is 2.14 bits per heavy atom. The molecule has 2 N–H and O–H groups in total. The normalized spacial score (nSPS) is 11.9. The maximum absolute atomic E-state index is 11.7. The van der Waals surface area contributed by atoms with Crippen molar-refractivity contribution in [1.29, 1.82) is 0 Å². The SMILES string of the molecule is CCC(CCNC(=O)c1ccc([N+](=O)[O-])o1)CCC(=O)O. The first kappa shape index (κ1) is 16.7. The molecule has 0 saturated heterocycles. The Balaban J connectivity index is 2.37. The molecule has 0 fully saturated rings. The minimum Gasteiger partial charge on any atom is -0.481 e. The zero-order valence-electron chi connectivity index (χ0n) is 11.7. The summed E-state index contributed by atoms with van der Waals surface area (Å²) in [5.74, 6) is -1.72. The van der Waals surface area contributed by atoms with Crippen molar-refractivity contribution in [1.82, 2.24) is 5.32 Å². The van der Waals surface area contributed by atoms with Crippen LogP contribution in [-0.2, 0) is 4.79 Å². The van der Waals surface area contributed by atoms with Gasteiger partial charge in [-0.05, 0) is 24.8 Å². The first-order valence-corrected chi connectivity index (χ1v) is 6.68. The van der Waals surface area contributed by atoms with E-state index in [1.807, 2.05) is 6.92 Å². The summed E-state index contributed by atoms with van der Waals surface area (Å²) in [6.45, 7) is 2.33. The second-order valence-electron chi connectivity index (χ2n) is 4.65. The van der Waals surface area contributed by atoms with Gasteiger partial charge >= 0.3 is 11.9 Å². The lowest BCUT2D eigenvalue weighted by atomic mass is 9.97. The average molecular weight is 298 g/mol. The van der Waals surface area contributed by atoms with E-state index in [4.69, 9.17) is 9.52 Å². The van der Waals surface area contributed by atoms with Crippen LogP contribution in [0, 0.1) is 16.0 Å². The third kappa shape index (κ3) is 5.64. The molecular formula is C13H18N2O6. The van der Waals surface area contributed by atoms with Gasteiger partial charge in [0.25, 0.3) is 5.91 Å². The number of carboxylic acid groups (broad SMARTS) is 1. The van der Waals surface area contributed by atoms with Crippen molar-refractivity contribution >= 4 is 17.8 Å². The first-order valence-electron chi connectivity index (χ1n) is 6.68. The van der Waals surface area contributed by atoms with E-state index in [1.165, 1.54) is 6.07 Å². The summed E-state index contributed by atoms with van der Waals surface area (Å²) >= 11 is 0. The largest absolute Gasteiger partial charge is 0.481 e. The van der Waals surface area contributed by atoms with Gasteiger partial charge in [-0.2, -0.15) is 0 Å². The van der Waals surface area contributed by atoms with Gasteiger partial charge in [0.05, 0.1) is 6.07 Å². The summed E-state index contributed by atoms with van der Waals surface area (Å²) < 4.78 is 4.78. The van der Waals surface area contributed by atoms with Gasteiger partial charge in [0.15, 0.2) is 5.76 Å². The van der Waals surface area contributed by atoms with E-state index >= 15 is 0 Å². The Hall–Kier alpha value is -2.38. The number of furan rings is 1. The standard InChI is InChI=1S/C13H18N2O6/c1-2-9(3-6-12(16)17)7-8-14-13(18)10-4-5-11(21-10)15(19)20/h4-5,9H,2-3,6-8H2,1H3,(H,14,18)(H,16,17). The van der Waals surface area contributed by atoms with Gasteiger partial charge in [-0.3, -0.25) is 19.7 Å². The summed E-state index contributed by atoms with van der Waals surface area (Å²) in [5, 5.41) is 21.7. The van der Waals surface area contributed by atoms with Crippen molar-refractivity contribution in [3.05, 3.63) is 28.0 Å². The van der Waals surface area contributed by atoms with E-state index in [-0.39, 0.29) is 18.1 Å². The highest BCUT2D eigenvalue weighted by Crippen LogP contribution is 2.16. The van der Waals surface area contributed by atoms with Crippen molar-refractivity contribution in [3.8, 4) is 0 Å². The second-order valence-corrected chi connectivity index (χ2v) is 4.65. The van der Waals surface area contributed by atoms with Crippen LogP contribution in [-0.4, -0.2) is 28.5 Å². The Labute approximate surface area is 121 Å². The molecule has 1 aromatic heterocycles. The second kappa shape index (κ2) is 8.03. The van der Waals surface area contributed by atoms with Crippen LogP contribution in [0.25, 0.3) is 0 Å². The topological polar surface area (TPSA) is 123 Å². The van der Waals surface area contributed by atoms with E-state index in [0.29, 0.717) is 19.4 Å². The fraction of sp³-hybridized carbons (Fsp3) is 0.538. The molecule has 1 unspecified atom stereocenters. The van der Waals surface area contributed by atoms with Gasteiger partial charge in [0, 0.05) is 13.0 Å². The van der Waals surface area contributed by atoms with Crippen LogP contribution >= 0.6 is 0 Å². The Morgan fingerprint density at radius 3 is 2.67 bits per heavy atom. The molecule has 8 nitrogen and oxygen atoms in total. The molecule has 0 radical (unpaired) electrons. The molecule has 0 saturated carbocycles. The highest BCUT2D eigenvalue weighted by Gasteiger charge is 2.17. The molecule has 0 aliphatic carbocycles. The van der Waals surface area contributed by atoms with Crippen LogP contribution in [0.2, 0.25) is 0 Å². The molecule has 0 aromatic carbocycles. The minimum absolute atomic E-state index is 0.108. The number of carboxylic acids is 1. The maximum Gasteiger partial charge on any atom is 0.433 e. The lowest BCUT2D eigenvalue weighted by Gasteiger charge is -2.13. The zero-order chi connectivity index (χ0) is 15.8. The van der Waals surface area contributed by atoms with Crippen molar-refractivity contribution in [3.63, 3.8) is 0 Å². The van der Waals surface area contributed by atoms with Crippen molar-refractivity contribution < 1.29 is 24.0 Å². The number of hydrogen-bond donors (Lipinski definition) is 2. The number of nitro groups is 1.